The van der Waals surface area contributed by atoms with Crippen molar-refractivity contribution < 1.29 is 14.5 Å². The summed E-state index contributed by atoms with van der Waals surface area (Å²) in [5.74, 6) is -0.00741. The molecule has 7 nitrogen and oxygen atoms in total. The summed E-state index contributed by atoms with van der Waals surface area (Å²) in [5.41, 5.74) is 0. The first-order chi connectivity index (χ1) is 9.54. The molecule has 0 radical (unpaired) electrons. The highest BCUT2D eigenvalue weighted by Gasteiger charge is 2.13. The topological polar surface area (TPSA) is 94.4 Å². The van der Waals surface area contributed by atoms with E-state index in [9.17, 15) is 14.9 Å². The van der Waals surface area contributed by atoms with Gasteiger partial charge in [0.05, 0.1) is 4.92 Å². The molecule has 0 atom stereocenters. The minimum Gasteiger partial charge on any atom is -0.484 e. The molecule has 0 unspecified atom stereocenters. The van der Waals surface area contributed by atoms with Crippen LogP contribution in [-0.4, -0.2) is 22.4 Å². The number of carbonyl (C=O) groups excluding carboxylic acids is 1. The molecule has 0 aliphatic heterocycles. The Labute approximate surface area is 122 Å². The number of nitro groups is 1. The van der Waals surface area contributed by atoms with Crippen molar-refractivity contribution in [3.05, 3.63) is 45.6 Å². The Morgan fingerprint density at radius 3 is 3.00 bits per heavy atom. The SMILES string of the molecule is O=C(COc1cccc(Cl)c1)Nc1ncc([N+](=O)[O-])s1. The molecule has 104 valence electrons. The quantitative estimate of drug-likeness (QED) is 0.676. The summed E-state index contributed by atoms with van der Waals surface area (Å²) in [6, 6.07) is 6.61. The van der Waals surface area contributed by atoms with E-state index in [4.69, 9.17) is 16.3 Å². The summed E-state index contributed by atoms with van der Waals surface area (Å²) in [4.78, 5) is 25.2. The average Bonchev–Trinajstić information content (AvgIpc) is 2.85. The second kappa shape index (κ2) is 6.31. The van der Waals surface area contributed by atoms with Gasteiger partial charge in [-0.25, -0.2) is 4.98 Å². The van der Waals surface area contributed by atoms with Gasteiger partial charge in [0.2, 0.25) is 0 Å². The van der Waals surface area contributed by atoms with Crippen molar-refractivity contribution in [2.24, 2.45) is 0 Å². The van der Waals surface area contributed by atoms with Gasteiger partial charge in [0.25, 0.3) is 5.91 Å². The van der Waals surface area contributed by atoms with Gasteiger partial charge in [-0.2, -0.15) is 0 Å². The number of benzene rings is 1. The van der Waals surface area contributed by atoms with Gasteiger partial charge < -0.3 is 4.74 Å². The first kappa shape index (κ1) is 14.2. The Hall–Kier alpha value is -2.19. The van der Waals surface area contributed by atoms with Crippen LogP contribution in [0.25, 0.3) is 0 Å². The van der Waals surface area contributed by atoms with Crippen molar-refractivity contribution in [2.45, 2.75) is 0 Å². The lowest BCUT2D eigenvalue weighted by Gasteiger charge is -2.05. The Kier molecular flexibility index (Phi) is 4.49. The Bertz CT molecular complexity index is 646. The van der Waals surface area contributed by atoms with Gasteiger partial charge in [-0.15, -0.1) is 0 Å². The van der Waals surface area contributed by atoms with E-state index in [-0.39, 0.29) is 16.7 Å². The number of amides is 1. The molecule has 2 aromatic rings. The lowest BCUT2D eigenvalue weighted by atomic mass is 10.3. The van der Waals surface area contributed by atoms with E-state index < -0.39 is 10.8 Å². The second-order valence-electron chi connectivity index (χ2n) is 3.55. The molecule has 0 bridgehead atoms. The molecule has 1 aromatic carbocycles. The molecule has 0 spiro atoms. The van der Waals surface area contributed by atoms with Crippen molar-refractivity contribution in [1.82, 2.24) is 4.98 Å². The van der Waals surface area contributed by atoms with Crippen LogP contribution in [0.4, 0.5) is 10.1 Å². The number of nitrogens with one attached hydrogen (secondary N) is 1. The molecule has 2 rings (SSSR count). The molecule has 0 aliphatic rings. The Morgan fingerprint density at radius 1 is 1.55 bits per heavy atom. The third kappa shape index (κ3) is 3.90. The third-order valence-electron chi connectivity index (χ3n) is 2.09. The van der Waals surface area contributed by atoms with Gasteiger partial charge in [0, 0.05) is 5.02 Å². The number of ether oxygens (including phenoxy) is 1. The molecule has 0 fully saturated rings. The molecule has 0 saturated carbocycles. The van der Waals surface area contributed by atoms with Crippen LogP contribution >= 0.6 is 22.9 Å². The van der Waals surface area contributed by atoms with Crippen LogP contribution in [0.1, 0.15) is 0 Å². The molecule has 1 heterocycles. The summed E-state index contributed by atoms with van der Waals surface area (Å²) in [6.45, 7) is -0.242. The van der Waals surface area contributed by atoms with Crippen LogP contribution in [-0.2, 0) is 4.79 Å². The molecule has 20 heavy (non-hydrogen) atoms. The Balaban J connectivity index is 1.87. The average molecular weight is 314 g/mol. The van der Waals surface area contributed by atoms with Gasteiger partial charge in [0.1, 0.15) is 11.9 Å². The first-order valence-electron chi connectivity index (χ1n) is 5.33. The van der Waals surface area contributed by atoms with Crippen molar-refractivity contribution in [1.29, 1.82) is 0 Å². The van der Waals surface area contributed by atoms with E-state index >= 15 is 0 Å². The molecular weight excluding hydrogens is 306 g/mol. The number of rotatable bonds is 5. The van der Waals surface area contributed by atoms with E-state index in [1.165, 1.54) is 0 Å². The van der Waals surface area contributed by atoms with Crippen molar-refractivity contribution in [3.63, 3.8) is 0 Å². The highest BCUT2D eigenvalue weighted by Crippen LogP contribution is 2.24. The molecule has 0 saturated heterocycles. The van der Waals surface area contributed by atoms with Gasteiger partial charge in [0.15, 0.2) is 11.7 Å². The largest absolute Gasteiger partial charge is 0.484 e. The summed E-state index contributed by atoms with van der Waals surface area (Å²) in [7, 11) is 0. The number of thiazole rings is 1. The molecule has 9 heteroatoms. The fourth-order valence-electron chi connectivity index (χ4n) is 1.27. The maximum Gasteiger partial charge on any atom is 0.345 e. The summed E-state index contributed by atoms with van der Waals surface area (Å²) in [6.07, 6.45) is 1.08. The van der Waals surface area contributed by atoms with Crippen molar-refractivity contribution >= 4 is 39.0 Å². The summed E-state index contributed by atoms with van der Waals surface area (Å²) in [5, 5.41) is 13.4. The summed E-state index contributed by atoms with van der Waals surface area (Å²) < 4.78 is 5.22. The number of aromatic nitrogens is 1. The zero-order valence-corrected chi connectivity index (χ0v) is 11.5. The van der Waals surface area contributed by atoms with Crippen LogP contribution in [0.3, 0.4) is 0 Å². The lowest BCUT2D eigenvalue weighted by molar-refractivity contribution is -0.380. The Morgan fingerprint density at radius 2 is 2.35 bits per heavy atom. The number of halogens is 1. The molecular formula is C11H8ClN3O4S. The van der Waals surface area contributed by atoms with E-state index in [2.05, 4.69) is 10.3 Å². The molecule has 1 amide bonds. The lowest BCUT2D eigenvalue weighted by Crippen LogP contribution is -2.19. The smallest absolute Gasteiger partial charge is 0.345 e. The zero-order valence-electron chi connectivity index (χ0n) is 9.91. The third-order valence-corrected chi connectivity index (χ3v) is 3.19. The highest BCUT2D eigenvalue weighted by atomic mass is 35.5. The standard InChI is InChI=1S/C11H8ClN3O4S/c12-7-2-1-3-8(4-7)19-6-9(16)14-11-13-5-10(20-11)15(17)18/h1-5H,6H2,(H,13,14,16). The van der Waals surface area contributed by atoms with Crippen LogP contribution in [0.15, 0.2) is 30.5 Å². The number of hydrogen-bond donors (Lipinski definition) is 1. The number of anilines is 1. The molecule has 1 aromatic heterocycles. The van der Waals surface area contributed by atoms with E-state index in [0.29, 0.717) is 10.8 Å². The normalized spacial score (nSPS) is 10.1. The highest BCUT2D eigenvalue weighted by molar-refractivity contribution is 7.18. The predicted molar refractivity (Wildman–Crippen MR) is 74.3 cm³/mol. The van der Waals surface area contributed by atoms with Crippen LogP contribution in [0.5, 0.6) is 5.75 Å². The predicted octanol–water partition coefficient (Wildman–Crippen LogP) is 2.72. The number of hydrogen-bond acceptors (Lipinski definition) is 6. The first-order valence-corrected chi connectivity index (χ1v) is 6.52. The van der Waals surface area contributed by atoms with Gasteiger partial charge in [-0.05, 0) is 29.5 Å². The van der Waals surface area contributed by atoms with Crippen LogP contribution < -0.4 is 10.1 Å². The minimum absolute atomic E-state index is 0.143. The zero-order chi connectivity index (χ0) is 14.5. The van der Waals surface area contributed by atoms with Crippen LogP contribution in [0.2, 0.25) is 5.02 Å². The van der Waals surface area contributed by atoms with E-state index in [1.54, 1.807) is 24.3 Å². The van der Waals surface area contributed by atoms with E-state index in [1.807, 2.05) is 0 Å². The maximum atomic E-state index is 11.6. The molecule has 0 aliphatic carbocycles. The van der Waals surface area contributed by atoms with Gasteiger partial charge in [-0.1, -0.05) is 17.7 Å². The van der Waals surface area contributed by atoms with E-state index in [0.717, 1.165) is 17.5 Å². The monoisotopic (exact) mass is 313 g/mol. The molecule has 1 N–H and O–H groups in total. The second-order valence-corrected chi connectivity index (χ2v) is 5.00. The number of carbonyl (C=O) groups is 1. The van der Waals surface area contributed by atoms with Gasteiger partial charge in [-0.3, -0.25) is 20.2 Å². The minimum atomic E-state index is -0.574. The van der Waals surface area contributed by atoms with Crippen LogP contribution in [0, 0.1) is 10.1 Å². The summed E-state index contributed by atoms with van der Waals surface area (Å²) >= 11 is 6.54. The maximum absolute atomic E-state index is 11.6. The van der Waals surface area contributed by atoms with Crippen molar-refractivity contribution in [2.75, 3.05) is 11.9 Å². The fourth-order valence-corrected chi connectivity index (χ4v) is 2.10. The van der Waals surface area contributed by atoms with Crippen molar-refractivity contribution in [3.8, 4) is 5.75 Å². The fraction of sp³-hybridized carbons (Fsp3) is 0.0909. The number of nitrogens with zero attached hydrogens (tertiary/aromatic N) is 2. The van der Waals surface area contributed by atoms with Gasteiger partial charge >= 0.3 is 5.00 Å².